The van der Waals surface area contributed by atoms with Crippen LogP contribution in [0.1, 0.15) is 42.0 Å². The smallest absolute Gasteiger partial charge is 0.267 e. The molecule has 8 heteroatoms. The van der Waals surface area contributed by atoms with E-state index in [0.29, 0.717) is 36.5 Å². The summed E-state index contributed by atoms with van der Waals surface area (Å²) in [5, 5.41) is 3.08. The summed E-state index contributed by atoms with van der Waals surface area (Å²) in [6.07, 6.45) is 10.2. The van der Waals surface area contributed by atoms with Crippen LogP contribution in [0.4, 0.5) is 0 Å². The Hall–Kier alpha value is -2.61. The molecule has 3 aliphatic heterocycles. The molecule has 3 fully saturated rings. The van der Waals surface area contributed by atoms with E-state index in [2.05, 4.69) is 30.1 Å². The van der Waals surface area contributed by atoms with Crippen LogP contribution in [0.5, 0.6) is 0 Å². The topological polar surface area (TPSA) is 97.1 Å². The highest BCUT2D eigenvalue weighted by Crippen LogP contribution is 2.41. The molecule has 5 rings (SSSR count). The number of hydrogen-bond donors (Lipinski definition) is 3. The van der Waals surface area contributed by atoms with Crippen molar-refractivity contribution >= 4 is 11.8 Å². The Bertz CT molecular complexity index is 864. The molecule has 0 unspecified atom stereocenters. The maximum atomic E-state index is 12.9. The number of aromatic amines is 2. The van der Waals surface area contributed by atoms with Crippen molar-refractivity contribution in [2.45, 2.75) is 44.2 Å². The standard InChI is InChI=1S/C22H30N6O2/c29-21-5-1-4-18-15-11-16(14-27(13-15)10-6-20-24-8-9-25-20)19(28(18)21)12-26-22(30)17-3-2-7-23-17/h2-3,7-9,15-16,18-19,23H,1,4-6,10-14H2,(H,24,25)(H,26,30)/t15-,16+,18+,19+/m1/s1. The minimum atomic E-state index is -0.103. The number of likely N-dealkylation sites (tertiary alicyclic amines) is 1. The Kier molecular flexibility index (Phi) is 5.33. The zero-order chi connectivity index (χ0) is 20.5. The van der Waals surface area contributed by atoms with E-state index in [9.17, 15) is 9.59 Å². The number of imidazole rings is 1. The molecule has 5 heterocycles. The van der Waals surface area contributed by atoms with Gasteiger partial charge in [-0.1, -0.05) is 0 Å². The van der Waals surface area contributed by atoms with Crippen LogP contribution in [0.2, 0.25) is 0 Å². The maximum Gasteiger partial charge on any atom is 0.267 e. The average Bonchev–Trinajstić information content (AvgIpc) is 3.47. The third kappa shape index (κ3) is 3.76. The van der Waals surface area contributed by atoms with Crippen molar-refractivity contribution < 1.29 is 9.59 Å². The lowest BCUT2D eigenvalue weighted by Gasteiger charge is -2.56. The highest BCUT2D eigenvalue weighted by atomic mass is 16.2. The van der Waals surface area contributed by atoms with Crippen molar-refractivity contribution in [3.8, 4) is 0 Å². The van der Waals surface area contributed by atoms with Crippen molar-refractivity contribution in [3.05, 3.63) is 42.2 Å². The summed E-state index contributed by atoms with van der Waals surface area (Å²) in [5.41, 5.74) is 0.564. The lowest BCUT2D eigenvalue weighted by molar-refractivity contribution is -0.152. The normalized spacial score (nSPS) is 28.9. The van der Waals surface area contributed by atoms with Crippen molar-refractivity contribution in [1.82, 2.24) is 30.1 Å². The van der Waals surface area contributed by atoms with Crippen LogP contribution in [-0.2, 0) is 11.2 Å². The van der Waals surface area contributed by atoms with Gasteiger partial charge in [0.15, 0.2) is 0 Å². The third-order valence-electron chi connectivity index (χ3n) is 7.11. The molecule has 2 bridgehead atoms. The number of piperidine rings is 3. The molecule has 30 heavy (non-hydrogen) atoms. The van der Waals surface area contributed by atoms with Gasteiger partial charge in [-0.25, -0.2) is 4.98 Å². The van der Waals surface area contributed by atoms with Gasteiger partial charge < -0.3 is 25.1 Å². The number of carbonyl (C=O) groups is 2. The molecular formula is C22H30N6O2. The van der Waals surface area contributed by atoms with E-state index in [-0.39, 0.29) is 17.9 Å². The molecule has 8 nitrogen and oxygen atoms in total. The summed E-state index contributed by atoms with van der Waals surface area (Å²) in [7, 11) is 0. The molecular weight excluding hydrogens is 380 g/mol. The number of fused-ring (bicyclic) bond motifs is 4. The number of amides is 2. The Morgan fingerprint density at radius 2 is 2.13 bits per heavy atom. The maximum absolute atomic E-state index is 12.9. The molecule has 2 aromatic rings. The monoisotopic (exact) mass is 410 g/mol. The van der Waals surface area contributed by atoms with Gasteiger partial charge in [-0.3, -0.25) is 9.59 Å². The molecule has 2 amide bonds. The molecule has 0 spiro atoms. The number of aromatic nitrogens is 3. The van der Waals surface area contributed by atoms with Gasteiger partial charge in [0.25, 0.3) is 5.91 Å². The van der Waals surface area contributed by atoms with E-state index in [1.165, 1.54) is 0 Å². The lowest BCUT2D eigenvalue weighted by Crippen LogP contribution is -2.67. The first-order valence-corrected chi connectivity index (χ1v) is 11.1. The minimum Gasteiger partial charge on any atom is -0.357 e. The average molecular weight is 411 g/mol. The zero-order valence-corrected chi connectivity index (χ0v) is 17.2. The van der Waals surface area contributed by atoms with Gasteiger partial charge >= 0.3 is 0 Å². The second kappa shape index (κ2) is 8.26. The first kappa shape index (κ1) is 19.4. The second-order valence-electron chi connectivity index (χ2n) is 8.92. The molecule has 0 saturated carbocycles. The third-order valence-corrected chi connectivity index (χ3v) is 7.11. The fraction of sp³-hybridized carbons (Fsp3) is 0.591. The number of rotatable bonds is 6. The van der Waals surface area contributed by atoms with Gasteiger partial charge in [-0.15, -0.1) is 0 Å². The SMILES string of the molecule is O=C(NC[C@H]1[C@H]2C[C@H](CN(CCc3ncc[nH]3)C2)[C@@H]2CCCC(=O)N21)c1ccc[nH]1. The molecule has 3 saturated heterocycles. The molecule has 0 radical (unpaired) electrons. The summed E-state index contributed by atoms with van der Waals surface area (Å²) >= 11 is 0. The summed E-state index contributed by atoms with van der Waals surface area (Å²) in [5.74, 6) is 2.11. The van der Waals surface area contributed by atoms with Gasteiger partial charge in [-0.2, -0.15) is 0 Å². The van der Waals surface area contributed by atoms with Crippen LogP contribution < -0.4 is 5.32 Å². The van der Waals surface area contributed by atoms with Crippen LogP contribution in [0, 0.1) is 11.8 Å². The van der Waals surface area contributed by atoms with E-state index >= 15 is 0 Å². The van der Waals surface area contributed by atoms with E-state index in [1.54, 1.807) is 18.5 Å². The predicted octanol–water partition coefficient (Wildman–Crippen LogP) is 1.41. The quantitative estimate of drug-likeness (QED) is 0.671. The molecule has 160 valence electrons. The van der Waals surface area contributed by atoms with E-state index in [4.69, 9.17) is 0 Å². The molecule has 0 aliphatic carbocycles. The number of nitrogens with zero attached hydrogens (tertiary/aromatic N) is 3. The van der Waals surface area contributed by atoms with Gasteiger partial charge in [0.2, 0.25) is 5.91 Å². The van der Waals surface area contributed by atoms with Crippen molar-refractivity contribution in [3.63, 3.8) is 0 Å². The van der Waals surface area contributed by atoms with Crippen LogP contribution in [-0.4, -0.2) is 74.8 Å². The lowest BCUT2D eigenvalue weighted by atomic mass is 9.72. The zero-order valence-electron chi connectivity index (χ0n) is 17.2. The van der Waals surface area contributed by atoms with Gasteiger partial charge in [-0.05, 0) is 43.2 Å². The fourth-order valence-corrected chi connectivity index (χ4v) is 5.78. The van der Waals surface area contributed by atoms with E-state index < -0.39 is 0 Å². The van der Waals surface area contributed by atoms with Crippen molar-refractivity contribution in [1.29, 1.82) is 0 Å². The van der Waals surface area contributed by atoms with E-state index in [1.807, 2.05) is 12.3 Å². The first-order chi connectivity index (χ1) is 14.7. The Morgan fingerprint density at radius 3 is 2.93 bits per heavy atom. The highest BCUT2D eigenvalue weighted by molar-refractivity contribution is 5.92. The second-order valence-corrected chi connectivity index (χ2v) is 8.92. The van der Waals surface area contributed by atoms with Crippen LogP contribution >= 0.6 is 0 Å². The van der Waals surface area contributed by atoms with Crippen LogP contribution in [0.3, 0.4) is 0 Å². The Morgan fingerprint density at radius 1 is 1.23 bits per heavy atom. The number of carbonyl (C=O) groups excluding carboxylic acids is 2. The molecule has 2 aromatic heterocycles. The number of hydrogen-bond acceptors (Lipinski definition) is 4. The summed E-state index contributed by atoms with van der Waals surface area (Å²) in [4.78, 5) is 40.6. The molecule has 3 aliphatic rings. The largest absolute Gasteiger partial charge is 0.357 e. The predicted molar refractivity (Wildman–Crippen MR) is 112 cm³/mol. The summed E-state index contributed by atoms with van der Waals surface area (Å²) in [6.45, 7) is 3.51. The van der Waals surface area contributed by atoms with Gasteiger partial charge in [0, 0.05) is 63.7 Å². The first-order valence-electron chi connectivity index (χ1n) is 11.1. The van der Waals surface area contributed by atoms with Crippen LogP contribution in [0.15, 0.2) is 30.7 Å². The van der Waals surface area contributed by atoms with Crippen molar-refractivity contribution in [2.75, 3.05) is 26.2 Å². The summed E-state index contributed by atoms with van der Waals surface area (Å²) in [6, 6.07) is 3.98. The Labute approximate surface area is 176 Å². The molecule has 4 atom stereocenters. The number of H-pyrrole nitrogens is 2. The molecule has 3 N–H and O–H groups in total. The van der Waals surface area contributed by atoms with Crippen molar-refractivity contribution in [2.24, 2.45) is 11.8 Å². The van der Waals surface area contributed by atoms with E-state index in [0.717, 1.165) is 51.1 Å². The highest BCUT2D eigenvalue weighted by Gasteiger charge is 2.49. The van der Waals surface area contributed by atoms with Gasteiger partial charge in [0.1, 0.15) is 11.5 Å². The molecule has 0 aromatic carbocycles. The fourth-order valence-electron chi connectivity index (χ4n) is 5.78. The summed E-state index contributed by atoms with van der Waals surface area (Å²) < 4.78 is 0. The number of nitrogens with one attached hydrogen (secondary N) is 3. The van der Waals surface area contributed by atoms with Crippen LogP contribution in [0.25, 0.3) is 0 Å². The minimum absolute atomic E-state index is 0.0735. The van der Waals surface area contributed by atoms with Gasteiger partial charge in [0.05, 0.1) is 6.04 Å². The Balaban J connectivity index is 1.30.